The molecule has 0 aliphatic carbocycles. The smallest absolute Gasteiger partial charge is 0.335 e. The summed E-state index contributed by atoms with van der Waals surface area (Å²) in [5.74, 6) is -0.756. The molecule has 1 amide bonds. The van der Waals surface area contributed by atoms with Crippen LogP contribution in [0.5, 0.6) is 0 Å². The van der Waals surface area contributed by atoms with Crippen LogP contribution < -0.4 is 5.32 Å². The van der Waals surface area contributed by atoms with E-state index in [0.717, 1.165) is 5.56 Å². The number of oxazole rings is 1. The molecule has 0 spiro atoms. The van der Waals surface area contributed by atoms with Crippen LogP contribution in [0.2, 0.25) is 0 Å². The van der Waals surface area contributed by atoms with Gasteiger partial charge in [0, 0.05) is 18.2 Å². The standard InChI is InChI=1S/C16H12N2O4/c1-9(19)17-12-5-2-10(3-6-12)15-18-13-8-11(16(20)21)4-7-14(13)22-15/h2-8H,1H3,(H,17,19)(H,20,21). The van der Waals surface area contributed by atoms with E-state index in [0.29, 0.717) is 22.7 Å². The largest absolute Gasteiger partial charge is 0.478 e. The van der Waals surface area contributed by atoms with Crippen molar-refractivity contribution in [1.29, 1.82) is 0 Å². The number of benzene rings is 2. The molecule has 0 aliphatic rings. The zero-order valence-electron chi connectivity index (χ0n) is 11.7. The number of nitrogens with one attached hydrogen (secondary N) is 1. The first-order chi connectivity index (χ1) is 10.5. The van der Waals surface area contributed by atoms with Crippen molar-refractivity contribution < 1.29 is 19.1 Å². The second kappa shape index (κ2) is 5.33. The molecule has 3 aromatic rings. The van der Waals surface area contributed by atoms with Crippen molar-refractivity contribution >= 4 is 28.7 Å². The monoisotopic (exact) mass is 296 g/mol. The van der Waals surface area contributed by atoms with E-state index in [1.165, 1.54) is 19.1 Å². The molecule has 2 N–H and O–H groups in total. The van der Waals surface area contributed by atoms with Crippen LogP contribution in [0, 0.1) is 0 Å². The zero-order valence-corrected chi connectivity index (χ0v) is 11.7. The Morgan fingerprint density at radius 2 is 1.86 bits per heavy atom. The number of nitrogens with zero attached hydrogens (tertiary/aromatic N) is 1. The quantitative estimate of drug-likeness (QED) is 0.774. The van der Waals surface area contributed by atoms with Crippen LogP contribution >= 0.6 is 0 Å². The second-order valence-electron chi connectivity index (χ2n) is 4.77. The number of carbonyl (C=O) groups is 2. The van der Waals surface area contributed by atoms with Crippen molar-refractivity contribution in [2.75, 3.05) is 5.32 Å². The molecular formula is C16H12N2O4. The van der Waals surface area contributed by atoms with Crippen molar-refractivity contribution in [3.8, 4) is 11.5 Å². The van der Waals surface area contributed by atoms with Gasteiger partial charge in [0.15, 0.2) is 5.58 Å². The van der Waals surface area contributed by atoms with Crippen LogP contribution in [0.4, 0.5) is 5.69 Å². The number of fused-ring (bicyclic) bond motifs is 1. The molecule has 2 aromatic carbocycles. The van der Waals surface area contributed by atoms with E-state index in [1.54, 1.807) is 30.3 Å². The van der Waals surface area contributed by atoms with Gasteiger partial charge in [-0.1, -0.05) is 0 Å². The molecule has 0 unspecified atom stereocenters. The van der Waals surface area contributed by atoms with Gasteiger partial charge in [-0.25, -0.2) is 9.78 Å². The molecule has 1 heterocycles. The van der Waals surface area contributed by atoms with Gasteiger partial charge in [0.05, 0.1) is 5.56 Å². The van der Waals surface area contributed by atoms with Gasteiger partial charge >= 0.3 is 5.97 Å². The van der Waals surface area contributed by atoms with Crippen LogP contribution in [0.15, 0.2) is 46.9 Å². The lowest BCUT2D eigenvalue weighted by atomic mass is 10.2. The summed E-state index contributed by atoms with van der Waals surface area (Å²) in [7, 11) is 0. The highest BCUT2D eigenvalue weighted by atomic mass is 16.4. The number of aromatic carboxylic acids is 1. The average molecular weight is 296 g/mol. The maximum Gasteiger partial charge on any atom is 0.335 e. The van der Waals surface area contributed by atoms with Gasteiger partial charge in [-0.3, -0.25) is 4.79 Å². The minimum absolute atomic E-state index is 0.143. The van der Waals surface area contributed by atoms with Crippen LogP contribution in [0.3, 0.4) is 0 Å². The van der Waals surface area contributed by atoms with Gasteiger partial charge in [-0.05, 0) is 42.5 Å². The van der Waals surface area contributed by atoms with Crippen LogP contribution in [0.1, 0.15) is 17.3 Å². The third-order valence-electron chi connectivity index (χ3n) is 3.09. The Bertz CT molecular complexity index is 865. The van der Waals surface area contributed by atoms with Gasteiger partial charge in [0.2, 0.25) is 11.8 Å². The molecule has 0 saturated heterocycles. The second-order valence-corrected chi connectivity index (χ2v) is 4.77. The minimum Gasteiger partial charge on any atom is -0.478 e. The zero-order chi connectivity index (χ0) is 15.7. The molecule has 0 bridgehead atoms. The number of aromatic nitrogens is 1. The fourth-order valence-electron chi connectivity index (χ4n) is 2.08. The summed E-state index contributed by atoms with van der Waals surface area (Å²) in [6.45, 7) is 1.44. The SMILES string of the molecule is CC(=O)Nc1ccc(-c2nc3cc(C(=O)O)ccc3o2)cc1. The maximum atomic E-state index is 11.0. The lowest BCUT2D eigenvalue weighted by Gasteiger charge is -2.01. The first kappa shape index (κ1) is 13.8. The van der Waals surface area contributed by atoms with Crippen molar-refractivity contribution in [2.45, 2.75) is 6.92 Å². The van der Waals surface area contributed by atoms with Crippen LogP contribution in [0.25, 0.3) is 22.6 Å². The van der Waals surface area contributed by atoms with Gasteiger partial charge in [0.25, 0.3) is 0 Å². The number of carboxylic acids is 1. The summed E-state index contributed by atoms with van der Waals surface area (Å²) < 4.78 is 5.62. The molecule has 1 aromatic heterocycles. The average Bonchev–Trinajstić information content (AvgIpc) is 2.90. The third-order valence-corrected chi connectivity index (χ3v) is 3.09. The summed E-state index contributed by atoms with van der Waals surface area (Å²) in [4.78, 5) is 26.2. The highest BCUT2D eigenvalue weighted by Crippen LogP contribution is 2.26. The molecule has 0 saturated carbocycles. The van der Waals surface area contributed by atoms with Crippen molar-refractivity contribution in [3.05, 3.63) is 48.0 Å². The Labute approximate surface area is 125 Å². The Kier molecular flexibility index (Phi) is 3.34. The topological polar surface area (TPSA) is 92.4 Å². The number of anilines is 1. The van der Waals surface area contributed by atoms with Crippen molar-refractivity contribution in [1.82, 2.24) is 4.98 Å². The maximum absolute atomic E-state index is 11.0. The van der Waals surface area contributed by atoms with E-state index in [-0.39, 0.29) is 11.5 Å². The molecule has 0 radical (unpaired) electrons. The van der Waals surface area contributed by atoms with E-state index in [9.17, 15) is 9.59 Å². The molecule has 110 valence electrons. The number of amides is 1. The van der Waals surface area contributed by atoms with Crippen molar-refractivity contribution in [3.63, 3.8) is 0 Å². The molecule has 0 aliphatic heterocycles. The molecule has 6 heteroatoms. The van der Waals surface area contributed by atoms with E-state index >= 15 is 0 Å². The van der Waals surface area contributed by atoms with Crippen LogP contribution in [-0.2, 0) is 4.79 Å². The Hall–Kier alpha value is -3.15. The van der Waals surface area contributed by atoms with Gasteiger partial charge < -0.3 is 14.8 Å². The van der Waals surface area contributed by atoms with E-state index < -0.39 is 5.97 Å². The lowest BCUT2D eigenvalue weighted by Crippen LogP contribution is -2.05. The first-order valence-electron chi connectivity index (χ1n) is 6.55. The molecule has 0 atom stereocenters. The summed E-state index contributed by atoms with van der Waals surface area (Å²) in [5, 5.41) is 11.7. The summed E-state index contributed by atoms with van der Waals surface area (Å²) in [6.07, 6.45) is 0. The van der Waals surface area contributed by atoms with Crippen LogP contribution in [-0.4, -0.2) is 22.0 Å². The number of hydrogen-bond acceptors (Lipinski definition) is 4. The fraction of sp³-hybridized carbons (Fsp3) is 0.0625. The molecule has 22 heavy (non-hydrogen) atoms. The summed E-state index contributed by atoms with van der Waals surface area (Å²) in [5.41, 5.74) is 2.59. The molecule has 6 nitrogen and oxygen atoms in total. The van der Waals surface area contributed by atoms with Crippen molar-refractivity contribution in [2.24, 2.45) is 0 Å². The minimum atomic E-state index is -1.01. The summed E-state index contributed by atoms with van der Waals surface area (Å²) >= 11 is 0. The summed E-state index contributed by atoms with van der Waals surface area (Å²) in [6, 6.07) is 11.6. The Morgan fingerprint density at radius 1 is 1.14 bits per heavy atom. The fourth-order valence-corrected chi connectivity index (χ4v) is 2.08. The number of rotatable bonds is 3. The number of carboxylic acid groups (broad SMARTS) is 1. The first-order valence-corrected chi connectivity index (χ1v) is 6.55. The number of carbonyl (C=O) groups excluding carboxylic acids is 1. The van der Waals surface area contributed by atoms with Gasteiger partial charge in [-0.2, -0.15) is 0 Å². The molecular weight excluding hydrogens is 284 g/mol. The molecule has 3 rings (SSSR count). The predicted molar refractivity (Wildman–Crippen MR) is 80.7 cm³/mol. The lowest BCUT2D eigenvalue weighted by molar-refractivity contribution is -0.114. The highest BCUT2D eigenvalue weighted by Gasteiger charge is 2.11. The van der Waals surface area contributed by atoms with E-state index in [1.807, 2.05) is 0 Å². The normalized spacial score (nSPS) is 10.6. The van der Waals surface area contributed by atoms with E-state index in [2.05, 4.69) is 10.3 Å². The van der Waals surface area contributed by atoms with Gasteiger partial charge in [-0.15, -0.1) is 0 Å². The van der Waals surface area contributed by atoms with Gasteiger partial charge in [0.1, 0.15) is 5.52 Å². The number of hydrogen-bond donors (Lipinski definition) is 2. The molecule has 0 fully saturated rings. The third kappa shape index (κ3) is 2.67. The highest BCUT2D eigenvalue weighted by molar-refractivity contribution is 5.92. The predicted octanol–water partition coefficient (Wildman–Crippen LogP) is 3.15. The Balaban J connectivity index is 1.95. The van der Waals surface area contributed by atoms with E-state index in [4.69, 9.17) is 9.52 Å². The Morgan fingerprint density at radius 3 is 2.50 bits per heavy atom.